The number of ether oxygens (including phenoxy) is 1. The number of benzene rings is 2. The molecule has 0 fully saturated rings. The molecule has 0 bridgehead atoms. The highest BCUT2D eigenvalue weighted by molar-refractivity contribution is 7.98. The molecule has 2 aromatic carbocycles. The molecule has 27 heavy (non-hydrogen) atoms. The SMILES string of the molecule is CSc1ccc(C(=O)OCC(=O)N[C@@H](C)c2cccc(Cl)c2)cc1[N+](=O)[O-]. The fourth-order valence-electron chi connectivity index (χ4n) is 2.32. The molecular weight excluding hydrogens is 392 g/mol. The molecule has 0 saturated heterocycles. The summed E-state index contributed by atoms with van der Waals surface area (Å²) in [6.45, 7) is 1.28. The van der Waals surface area contributed by atoms with E-state index < -0.39 is 23.4 Å². The zero-order chi connectivity index (χ0) is 20.0. The number of nitrogens with one attached hydrogen (secondary N) is 1. The number of nitrogens with zero attached hydrogens (tertiary/aromatic N) is 1. The predicted octanol–water partition coefficient (Wildman–Crippen LogP) is 4.00. The van der Waals surface area contributed by atoms with Crippen LogP contribution in [0.1, 0.15) is 28.9 Å². The second-order valence-electron chi connectivity index (χ2n) is 5.56. The molecule has 142 valence electrons. The van der Waals surface area contributed by atoms with Crippen LogP contribution in [0, 0.1) is 10.1 Å². The summed E-state index contributed by atoms with van der Waals surface area (Å²) in [5.41, 5.74) is 0.636. The van der Waals surface area contributed by atoms with Crippen molar-refractivity contribution in [2.75, 3.05) is 12.9 Å². The smallest absolute Gasteiger partial charge is 0.338 e. The maximum Gasteiger partial charge on any atom is 0.338 e. The van der Waals surface area contributed by atoms with Crippen molar-refractivity contribution in [1.82, 2.24) is 5.32 Å². The zero-order valence-electron chi connectivity index (χ0n) is 14.6. The highest BCUT2D eigenvalue weighted by Gasteiger charge is 2.19. The van der Waals surface area contributed by atoms with Crippen molar-refractivity contribution in [3.8, 4) is 0 Å². The van der Waals surface area contributed by atoms with Crippen molar-refractivity contribution < 1.29 is 19.2 Å². The number of hydrogen-bond donors (Lipinski definition) is 1. The molecule has 1 atom stereocenters. The van der Waals surface area contributed by atoms with Crippen molar-refractivity contribution in [2.45, 2.75) is 17.9 Å². The summed E-state index contributed by atoms with van der Waals surface area (Å²) in [6, 6.07) is 10.8. The number of carbonyl (C=O) groups is 2. The molecule has 2 aromatic rings. The van der Waals surface area contributed by atoms with Crippen LogP contribution in [0.5, 0.6) is 0 Å². The molecular formula is C18H17ClN2O5S. The third-order valence-electron chi connectivity index (χ3n) is 3.67. The number of amides is 1. The van der Waals surface area contributed by atoms with Crippen LogP contribution in [0.25, 0.3) is 0 Å². The fourth-order valence-corrected chi connectivity index (χ4v) is 3.06. The zero-order valence-corrected chi connectivity index (χ0v) is 16.2. The number of nitro benzene ring substituents is 1. The van der Waals surface area contributed by atoms with E-state index in [0.717, 1.165) is 11.6 Å². The number of nitro groups is 1. The van der Waals surface area contributed by atoms with Gasteiger partial charge in [0.05, 0.1) is 21.4 Å². The van der Waals surface area contributed by atoms with Crippen LogP contribution in [0.15, 0.2) is 47.4 Å². The van der Waals surface area contributed by atoms with Crippen molar-refractivity contribution in [3.63, 3.8) is 0 Å². The Balaban J connectivity index is 1.96. The lowest BCUT2D eigenvalue weighted by molar-refractivity contribution is -0.387. The molecule has 0 saturated carbocycles. The Hall–Kier alpha value is -2.58. The lowest BCUT2D eigenvalue weighted by Gasteiger charge is -2.14. The third-order valence-corrected chi connectivity index (χ3v) is 4.69. The molecule has 9 heteroatoms. The van der Waals surface area contributed by atoms with Gasteiger partial charge in [-0.25, -0.2) is 4.79 Å². The van der Waals surface area contributed by atoms with Crippen molar-refractivity contribution in [2.24, 2.45) is 0 Å². The van der Waals surface area contributed by atoms with Gasteiger partial charge in [-0.05, 0) is 43.0 Å². The monoisotopic (exact) mass is 408 g/mol. The van der Waals surface area contributed by atoms with Crippen molar-refractivity contribution in [1.29, 1.82) is 0 Å². The van der Waals surface area contributed by atoms with Gasteiger partial charge >= 0.3 is 5.97 Å². The second kappa shape index (κ2) is 9.38. The van der Waals surface area contributed by atoms with E-state index in [1.807, 2.05) is 6.07 Å². The maximum absolute atomic E-state index is 12.1. The average Bonchev–Trinajstić information content (AvgIpc) is 2.65. The fraction of sp³-hybridized carbons (Fsp3) is 0.222. The van der Waals surface area contributed by atoms with E-state index in [4.69, 9.17) is 16.3 Å². The van der Waals surface area contributed by atoms with E-state index in [9.17, 15) is 19.7 Å². The Morgan fingerprint density at radius 1 is 1.30 bits per heavy atom. The third kappa shape index (κ3) is 5.70. The van der Waals surface area contributed by atoms with Gasteiger partial charge < -0.3 is 10.1 Å². The molecule has 1 amide bonds. The number of carbonyl (C=O) groups excluding carboxylic acids is 2. The topological polar surface area (TPSA) is 98.5 Å². The first-order valence-electron chi connectivity index (χ1n) is 7.86. The van der Waals surface area contributed by atoms with Gasteiger partial charge in [-0.2, -0.15) is 0 Å². The summed E-state index contributed by atoms with van der Waals surface area (Å²) in [4.78, 5) is 35.0. The first-order valence-corrected chi connectivity index (χ1v) is 9.46. The van der Waals surface area contributed by atoms with Gasteiger partial charge in [0.25, 0.3) is 11.6 Å². The number of esters is 1. The first kappa shape index (κ1) is 20.7. The normalized spacial score (nSPS) is 11.5. The summed E-state index contributed by atoms with van der Waals surface area (Å²) >= 11 is 7.12. The first-order chi connectivity index (χ1) is 12.8. The van der Waals surface area contributed by atoms with Gasteiger partial charge in [0.1, 0.15) is 0 Å². The summed E-state index contributed by atoms with van der Waals surface area (Å²) in [6.07, 6.45) is 1.70. The van der Waals surface area contributed by atoms with Gasteiger partial charge in [0.2, 0.25) is 0 Å². The highest BCUT2D eigenvalue weighted by atomic mass is 35.5. The molecule has 0 aliphatic heterocycles. The van der Waals surface area contributed by atoms with E-state index in [-0.39, 0.29) is 17.3 Å². The molecule has 0 radical (unpaired) electrons. The highest BCUT2D eigenvalue weighted by Crippen LogP contribution is 2.28. The van der Waals surface area contributed by atoms with Crippen molar-refractivity contribution >= 4 is 40.9 Å². The minimum atomic E-state index is -0.809. The summed E-state index contributed by atoms with van der Waals surface area (Å²) < 4.78 is 4.95. The maximum atomic E-state index is 12.1. The quantitative estimate of drug-likeness (QED) is 0.321. The van der Waals surface area contributed by atoms with Crippen LogP contribution in [-0.4, -0.2) is 29.7 Å². The van der Waals surface area contributed by atoms with E-state index in [1.54, 1.807) is 31.4 Å². The van der Waals surface area contributed by atoms with Gasteiger partial charge in [-0.1, -0.05) is 23.7 Å². The Morgan fingerprint density at radius 2 is 2.04 bits per heavy atom. The van der Waals surface area contributed by atoms with E-state index in [0.29, 0.717) is 9.92 Å². The van der Waals surface area contributed by atoms with Crippen LogP contribution in [0.2, 0.25) is 5.02 Å². The number of halogens is 1. The van der Waals surface area contributed by atoms with E-state index >= 15 is 0 Å². The number of rotatable bonds is 7. The van der Waals surface area contributed by atoms with Crippen LogP contribution >= 0.6 is 23.4 Å². The largest absolute Gasteiger partial charge is 0.452 e. The van der Waals surface area contributed by atoms with Crippen LogP contribution in [0.4, 0.5) is 5.69 Å². The Labute approximate surface area is 165 Å². The van der Waals surface area contributed by atoms with Crippen LogP contribution in [-0.2, 0) is 9.53 Å². The lowest BCUT2D eigenvalue weighted by Crippen LogP contribution is -2.31. The molecule has 0 aromatic heterocycles. The molecule has 0 heterocycles. The minimum Gasteiger partial charge on any atom is -0.452 e. The average molecular weight is 409 g/mol. The lowest BCUT2D eigenvalue weighted by atomic mass is 10.1. The predicted molar refractivity (Wildman–Crippen MR) is 103 cm³/mol. The number of thioether (sulfide) groups is 1. The Bertz CT molecular complexity index is 875. The molecule has 0 unspecified atom stereocenters. The van der Waals surface area contributed by atoms with Gasteiger partial charge in [0, 0.05) is 11.1 Å². The van der Waals surface area contributed by atoms with Gasteiger partial charge in [-0.15, -0.1) is 11.8 Å². The molecule has 1 N–H and O–H groups in total. The van der Waals surface area contributed by atoms with Gasteiger partial charge in [-0.3, -0.25) is 14.9 Å². The Morgan fingerprint density at radius 3 is 2.67 bits per heavy atom. The van der Waals surface area contributed by atoms with E-state index in [2.05, 4.69) is 5.32 Å². The molecule has 2 rings (SSSR count). The minimum absolute atomic E-state index is 0.00943. The standard InChI is InChI=1S/C18H17ClN2O5S/c1-11(12-4-3-5-14(19)8-12)20-17(22)10-26-18(23)13-6-7-16(27-2)15(9-13)21(24)25/h3-9,11H,10H2,1-2H3,(H,20,22)/t11-/m0/s1. The molecule has 0 aliphatic rings. The van der Waals surface area contributed by atoms with E-state index in [1.165, 1.54) is 23.9 Å². The molecule has 7 nitrogen and oxygen atoms in total. The molecule has 0 spiro atoms. The summed E-state index contributed by atoms with van der Waals surface area (Å²) in [7, 11) is 0. The Kier molecular flexibility index (Phi) is 7.20. The van der Waals surface area contributed by atoms with Crippen molar-refractivity contribution in [3.05, 3.63) is 68.7 Å². The van der Waals surface area contributed by atoms with Crippen LogP contribution < -0.4 is 5.32 Å². The number of hydrogen-bond acceptors (Lipinski definition) is 6. The second-order valence-corrected chi connectivity index (χ2v) is 6.85. The summed E-state index contributed by atoms with van der Waals surface area (Å²) in [5.74, 6) is -1.30. The molecule has 0 aliphatic carbocycles. The summed E-state index contributed by atoms with van der Waals surface area (Å²) in [5, 5.41) is 14.3. The van der Waals surface area contributed by atoms with Crippen LogP contribution in [0.3, 0.4) is 0 Å². The van der Waals surface area contributed by atoms with Gasteiger partial charge in [0.15, 0.2) is 6.61 Å².